The highest BCUT2D eigenvalue weighted by atomic mass is 16.5. The van der Waals surface area contributed by atoms with Crippen LogP contribution in [0.1, 0.15) is 36.3 Å². The highest BCUT2D eigenvalue weighted by Crippen LogP contribution is 2.23. The molecule has 0 radical (unpaired) electrons. The van der Waals surface area contributed by atoms with E-state index in [-0.39, 0.29) is 0 Å². The smallest absolute Gasteiger partial charge is 0.241 e. The molecule has 3 aromatic rings. The zero-order valence-electron chi connectivity index (χ0n) is 16.0. The van der Waals surface area contributed by atoms with Crippen molar-refractivity contribution in [2.24, 2.45) is 0 Å². The topological polar surface area (TPSA) is 58.3 Å². The van der Waals surface area contributed by atoms with E-state index in [9.17, 15) is 0 Å². The van der Waals surface area contributed by atoms with Crippen LogP contribution in [-0.2, 0) is 19.5 Å². The Balaban J connectivity index is 1.25. The van der Waals surface area contributed by atoms with Crippen molar-refractivity contribution in [2.45, 2.75) is 38.8 Å². The summed E-state index contributed by atoms with van der Waals surface area (Å²) < 4.78 is 5.52. The third-order valence-corrected chi connectivity index (χ3v) is 5.72. The minimum absolute atomic E-state index is 0.616. The summed E-state index contributed by atoms with van der Waals surface area (Å²) in [5, 5.41) is 4.17. The van der Waals surface area contributed by atoms with E-state index < -0.39 is 0 Å². The zero-order chi connectivity index (χ0) is 18.8. The SMILES string of the molecule is c1ccc2c(c1)CCN(Cc1nc(-c3ccc(N4CCCCC4)nc3)no1)C2. The standard InChI is InChI=1S/C22H25N5O/c1-4-11-27(12-5-1)20-9-8-18(14-23-20)22-24-21(28-25-22)16-26-13-10-17-6-2-3-7-19(17)15-26/h2-3,6-9,14H,1,4-5,10-13,15-16H2. The van der Waals surface area contributed by atoms with Gasteiger partial charge in [-0.3, -0.25) is 4.90 Å². The van der Waals surface area contributed by atoms with Crippen molar-refractivity contribution in [3.63, 3.8) is 0 Å². The maximum absolute atomic E-state index is 5.52. The first-order valence-corrected chi connectivity index (χ1v) is 10.2. The van der Waals surface area contributed by atoms with Gasteiger partial charge in [-0.2, -0.15) is 4.98 Å². The Morgan fingerprint density at radius 2 is 1.79 bits per heavy atom. The molecule has 0 amide bonds. The van der Waals surface area contributed by atoms with E-state index in [1.165, 1.54) is 30.4 Å². The molecule has 1 saturated heterocycles. The lowest BCUT2D eigenvalue weighted by Gasteiger charge is -2.27. The lowest BCUT2D eigenvalue weighted by molar-refractivity contribution is 0.210. The summed E-state index contributed by atoms with van der Waals surface area (Å²) >= 11 is 0. The fourth-order valence-electron chi connectivity index (χ4n) is 4.15. The fraction of sp³-hybridized carbons (Fsp3) is 0.409. The number of nitrogens with zero attached hydrogens (tertiary/aromatic N) is 5. The number of rotatable bonds is 4. The lowest BCUT2D eigenvalue weighted by Crippen LogP contribution is -2.30. The molecule has 0 bridgehead atoms. The number of pyridine rings is 1. The van der Waals surface area contributed by atoms with Gasteiger partial charge in [-0.25, -0.2) is 4.98 Å². The van der Waals surface area contributed by atoms with E-state index in [1.54, 1.807) is 0 Å². The highest BCUT2D eigenvalue weighted by Gasteiger charge is 2.19. The monoisotopic (exact) mass is 375 g/mol. The third-order valence-electron chi connectivity index (χ3n) is 5.72. The molecule has 2 aromatic heterocycles. The number of piperidine rings is 1. The molecule has 0 N–H and O–H groups in total. The summed E-state index contributed by atoms with van der Waals surface area (Å²) in [7, 11) is 0. The van der Waals surface area contributed by atoms with Gasteiger partial charge in [0.1, 0.15) is 5.82 Å². The molecule has 2 aliphatic rings. The van der Waals surface area contributed by atoms with Crippen LogP contribution in [-0.4, -0.2) is 39.7 Å². The van der Waals surface area contributed by atoms with Crippen LogP contribution in [0, 0.1) is 0 Å². The van der Waals surface area contributed by atoms with E-state index in [2.05, 4.69) is 55.3 Å². The molecule has 28 heavy (non-hydrogen) atoms. The quantitative estimate of drug-likeness (QED) is 0.693. The maximum atomic E-state index is 5.52. The number of anilines is 1. The minimum Gasteiger partial charge on any atom is -0.357 e. The molecule has 0 atom stereocenters. The lowest BCUT2D eigenvalue weighted by atomic mass is 10.00. The predicted octanol–water partition coefficient (Wildman–Crippen LogP) is 3.68. The molecule has 0 aliphatic carbocycles. The minimum atomic E-state index is 0.616. The molecule has 144 valence electrons. The van der Waals surface area contributed by atoms with Crippen LogP contribution < -0.4 is 4.90 Å². The molecule has 6 heteroatoms. The van der Waals surface area contributed by atoms with Gasteiger partial charge in [0.2, 0.25) is 11.7 Å². The second-order valence-corrected chi connectivity index (χ2v) is 7.69. The average molecular weight is 375 g/mol. The average Bonchev–Trinajstić information content (AvgIpc) is 3.23. The number of benzene rings is 1. The third kappa shape index (κ3) is 3.64. The largest absolute Gasteiger partial charge is 0.357 e. The summed E-state index contributed by atoms with van der Waals surface area (Å²) in [4.78, 5) is 13.9. The molecule has 2 aliphatic heterocycles. The van der Waals surface area contributed by atoms with Crippen molar-refractivity contribution in [3.8, 4) is 11.4 Å². The first kappa shape index (κ1) is 17.4. The summed E-state index contributed by atoms with van der Waals surface area (Å²) in [6, 6.07) is 12.8. The van der Waals surface area contributed by atoms with Gasteiger partial charge in [0, 0.05) is 37.9 Å². The second kappa shape index (κ2) is 7.72. The van der Waals surface area contributed by atoms with Crippen molar-refractivity contribution < 1.29 is 4.52 Å². The van der Waals surface area contributed by atoms with Crippen LogP contribution in [0.5, 0.6) is 0 Å². The van der Waals surface area contributed by atoms with Crippen LogP contribution in [0.3, 0.4) is 0 Å². The highest BCUT2D eigenvalue weighted by molar-refractivity contribution is 5.55. The van der Waals surface area contributed by atoms with E-state index >= 15 is 0 Å². The number of fused-ring (bicyclic) bond motifs is 1. The number of hydrogen-bond donors (Lipinski definition) is 0. The normalized spacial score (nSPS) is 17.5. The van der Waals surface area contributed by atoms with Gasteiger partial charge in [0.25, 0.3) is 0 Å². The first-order chi connectivity index (χ1) is 13.8. The molecule has 4 heterocycles. The van der Waals surface area contributed by atoms with Crippen molar-refractivity contribution in [2.75, 3.05) is 24.5 Å². The number of aromatic nitrogens is 3. The van der Waals surface area contributed by atoms with Gasteiger partial charge < -0.3 is 9.42 Å². The summed E-state index contributed by atoms with van der Waals surface area (Å²) in [6.45, 7) is 4.82. The predicted molar refractivity (Wildman–Crippen MR) is 108 cm³/mol. The van der Waals surface area contributed by atoms with Crippen LogP contribution >= 0.6 is 0 Å². The van der Waals surface area contributed by atoms with Crippen LogP contribution in [0.4, 0.5) is 5.82 Å². The van der Waals surface area contributed by atoms with Gasteiger partial charge in [-0.1, -0.05) is 29.4 Å². The van der Waals surface area contributed by atoms with E-state index in [1.807, 2.05) is 12.3 Å². The Labute approximate surface area is 165 Å². The Morgan fingerprint density at radius 1 is 0.929 bits per heavy atom. The van der Waals surface area contributed by atoms with Gasteiger partial charge in [-0.05, 0) is 48.9 Å². The molecular formula is C22H25N5O. The molecule has 0 spiro atoms. The van der Waals surface area contributed by atoms with Gasteiger partial charge in [-0.15, -0.1) is 0 Å². The van der Waals surface area contributed by atoms with E-state index in [4.69, 9.17) is 4.52 Å². The molecule has 1 fully saturated rings. The van der Waals surface area contributed by atoms with Crippen LogP contribution in [0.25, 0.3) is 11.4 Å². The van der Waals surface area contributed by atoms with Gasteiger partial charge in [0.05, 0.1) is 6.54 Å². The Hall–Kier alpha value is -2.73. The van der Waals surface area contributed by atoms with Crippen molar-refractivity contribution in [1.82, 2.24) is 20.0 Å². The first-order valence-electron chi connectivity index (χ1n) is 10.2. The Bertz CT molecular complexity index is 930. The summed E-state index contributed by atoms with van der Waals surface area (Å²) in [6.07, 6.45) is 6.74. The van der Waals surface area contributed by atoms with Gasteiger partial charge in [0.15, 0.2) is 0 Å². The van der Waals surface area contributed by atoms with Crippen molar-refractivity contribution in [1.29, 1.82) is 0 Å². The number of hydrogen-bond acceptors (Lipinski definition) is 6. The molecule has 5 rings (SSSR count). The molecule has 6 nitrogen and oxygen atoms in total. The zero-order valence-corrected chi connectivity index (χ0v) is 16.0. The molecular weight excluding hydrogens is 350 g/mol. The van der Waals surface area contributed by atoms with Crippen molar-refractivity contribution >= 4 is 5.82 Å². The van der Waals surface area contributed by atoms with E-state index in [0.29, 0.717) is 18.3 Å². The van der Waals surface area contributed by atoms with Gasteiger partial charge >= 0.3 is 0 Å². The molecule has 1 aromatic carbocycles. The molecule has 0 unspecified atom stereocenters. The van der Waals surface area contributed by atoms with Crippen LogP contribution in [0.2, 0.25) is 0 Å². The molecule has 0 saturated carbocycles. The van der Waals surface area contributed by atoms with E-state index in [0.717, 1.165) is 44.0 Å². The summed E-state index contributed by atoms with van der Waals surface area (Å²) in [5.41, 5.74) is 3.75. The van der Waals surface area contributed by atoms with Crippen molar-refractivity contribution in [3.05, 3.63) is 59.6 Å². The Kier molecular flexibility index (Phi) is 4.79. The fourth-order valence-corrected chi connectivity index (χ4v) is 4.15. The summed E-state index contributed by atoms with van der Waals surface area (Å²) in [5.74, 6) is 2.32. The second-order valence-electron chi connectivity index (χ2n) is 7.69. The van der Waals surface area contributed by atoms with Crippen LogP contribution in [0.15, 0.2) is 47.1 Å². The maximum Gasteiger partial charge on any atom is 0.241 e. The Morgan fingerprint density at radius 3 is 2.61 bits per heavy atom.